The molecule has 0 N–H and O–H groups in total. The maximum absolute atomic E-state index is 11.9. The highest BCUT2D eigenvalue weighted by atomic mass is 16.5. The Bertz CT molecular complexity index is 2140. The van der Waals surface area contributed by atoms with E-state index in [9.17, 15) is 28.8 Å². The van der Waals surface area contributed by atoms with Crippen LogP contribution in [0.2, 0.25) is 0 Å². The molecule has 0 saturated carbocycles. The van der Waals surface area contributed by atoms with Crippen molar-refractivity contribution in [2.24, 2.45) is 11.8 Å². The van der Waals surface area contributed by atoms with Gasteiger partial charge in [0.2, 0.25) is 0 Å². The van der Waals surface area contributed by atoms with Crippen LogP contribution in [0.4, 0.5) is 0 Å². The summed E-state index contributed by atoms with van der Waals surface area (Å²) in [5, 5.41) is 0. The van der Waals surface area contributed by atoms with Gasteiger partial charge in [-0.25, -0.2) is 0 Å². The highest BCUT2D eigenvalue weighted by Crippen LogP contribution is 2.17. The predicted molar refractivity (Wildman–Crippen MR) is 454 cm³/mol. The van der Waals surface area contributed by atoms with Crippen molar-refractivity contribution < 1.29 is 33.5 Å². The second-order valence-corrected chi connectivity index (χ2v) is 33.7. The second-order valence-electron chi connectivity index (χ2n) is 33.7. The Labute approximate surface area is 661 Å². The zero-order valence-electron chi connectivity index (χ0n) is 74.0. The Morgan fingerprint density at radius 2 is 0.477 bits per heavy atom. The number of piperazine rings is 6. The molecule has 19 heteroatoms. The van der Waals surface area contributed by atoms with Crippen LogP contribution >= 0.6 is 0 Å². The van der Waals surface area contributed by atoms with Gasteiger partial charge in [-0.3, -0.25) is 63.1 Å². The molecule has 0 unspecified atom stereocenters. The first-order valence-corrected chi connectivity index (χ1v) is 44.6. The summed E-state index contributed by atoms with van der Waals surface area (Å²) in [6, 6.07) is 4.01. The fraction of sp³-hybridized carbons (Fsp3) is 0.932. The van der Waals surface area contributed by atoms with Gasteiger partial charge in [-0.1, -0.05) is 68.2 Å². The number of unbranched alkanes of at least 4 members (excludes halogenated alkanes) is 1. The first-order chi connectivity index (χ1) is 51.1. The van der Waals surface area contributed by atoms with Crippen molar-refractivity contribution in [2.75, 3.05) is 210 Å². The average molecular weight is 1510 g/mol. The fourth-order valence-corrected chi connectivity index (χ4v) is 14.9. The summed E-state index contributed by atoms with van der Waals surface area (Å²) >= 11 is 0. The minimum absolute atomic E-state index is 0.266. The average Bonchev–Trinajstić information content (AvgIpc) is 0.934. The molecule has 6 saturated heterocycles. The van der Waals surface area contributed by atoms with Gasteiger partial charge < -0.3 is 29.2 Å². The normalized spacial score (nSPS) is 19.1. The molecule has 0 aromatic carbocycles. The van der Waals surface area contributed by atoms with Crippen LogP contribution in [0.5, 0.6) is 0 Å². The number of Topliss-reactive ketones (excluding diaryl/α,β-unsaturated/α-hetero) is 6. The van der Waals surface area contributed by atoms with E-state index in [1.54, 1.807) is 0 Å². The Balaban J connectivity index is 0.000000643. The van der Waals surface area contributed by atoms with Crippen LogP contribution in [-0.2, 0) is 33.5 Å². The summed E-state index contributed by atoms with van der Waals surface area (Å²) in [6.45, 7) is 79.8. The number of carbonyl (C=O) groups is 6. The molecule has 0 aromatic heterocycles. The molecule has 0 spiro atoms. The topological polar surface area (TPSA) is 151 Å². The van der Waals surface area contributed by atoms with E-state index in [1.807, 2.05) is 20.8 Å². The van der Waals surface area contributed by atoms with Crippen molar-refractivity contribution in [1.29, 1.82) is 0 Å². The summed E-state index contributed by atoms with van der Waals surface area (Å²) < 4.78 is 5.60. The molecule has 0 aromatic rings. The van der Waals surface area contributed by atoms with Crippen molar-refractivity contribution >= 4 is 34.7 Å². The smallest absolute Gasteiger partial charge is 0.135 e. The van der Waals surface area contributed by atoms with Crippen LogP contribution in [0, 0.1) is 11.8 Å². The first kappa shape index (κ1) is 103. The molecular formula is C88H176N12O7. The highest BCUT2D eigenvalue weighted by Gasteiger charge is 2.25. The van der Waals surface area contributed by atoms with Gasteiger partial charge in [-0.05, 0) is 180 Å². The van der Waals surface area contributed by atoms with Crippen LogP contribution in [0.1, 0.15) is 280 Å². The number of hydrogen-bond acceptors (Lipinski definition) is 19. The molecule has 19 nitrogen and oxygen atoms in total. The lowest BCUT2D eigenvalue weighted by Crippen LogP contribution is -2.49. The molecule has 6 rings (SSSR count). The van der Waals surface area contributed by atoms with E-state index in [4.69, 9.17) is 4.74 Å². The predicted octanol–water partition coefficient (Wildman–Crippen LogP) is 13.5. The number of nitrogens with zero attached hydrogens (tertiary/aromatic N) is 12. The zero-order valence-corrected chi connectivity index (χ0v) is 74.0. The Kier molecular flexibility index (Phi) is 61.2. The van der Waals surface area contributed by atoms with Crippen LogP contribution < -0.4 is 0 Å². The monoisotopic (exact) mass is 1510 g/mol. The SMILES string of the molecule is CCC(=O)CCCCN1CCN(C(C)C)CC1.CCC(=O)CCCN1CCN(C(C)C)CC1.CCC(=O)CCCOCCN1CCN(C(C)C)CC1.CCCC(=O)CCCN1CCN(C(C)C)CC1.CCC[C@@H](C)C(=O)CCCN1CCN(C(C)C)CC1.CCC[C@H](C)C(=O)CCCN1CCN(C(C)C)CC1. The summed E-state index contributed by atoms with van der Waals surface area (Å²) in [5.41, 5.74) is 0. The van der Waals surface area contributed by atoms with Gasteiger partial charge in [0.05, 0.1) is 6.61 Å². The molecule has 0 aliphatic carbocycles. The summed E-state index contributed by atoms with van der Waals surface area (Å²) in [6.07, 6.45) is 19.9. The van der Waals surface area contributed by atoms with Crippen LogP contribution in [0.3, 0.4) is 0 Å². The van der Waals surface area contributed by atoms with Crippen molar-refractivity contribution in [2.45, 2.75) is 316 Å². The largest absolute Gasteiger partial charge is 0.380 e. The Hall–Kier alpha value is -2.50. The molecule has 630 valence electrons. The van der Waals surface area contributed by atoms with Crippen LogP contribution in [-0.4, -0.2) is 339 Å². The molecule has 0 radical (unpaired) electrons. The number of ether oxygens (including phenoxy) is 1. The maximum atomic E-state index is 11.9. The van der Waals surface area contributed by atoms with Gasteiger partial charge in [-0.2, -0.15) is 0 Å². The summed E-state index contributed by atoms with van der Waals surface area (Å²) in [5.74, 6) is 3.05. The van der Waals surface area contributed by atoms with E-state index >= 15 is 0 Å². The lowest BCUT2D eigenvalue weighted by atomic mass is 9.97. The molecule has 6 fully saturated rings. The van der Waals surface area contributed by atoms with Gasteiger partial charge in [0.15, 0.2) is 0 Å². The zero-order chi connectivity index (χ0) is 79.9. The van der Waals surface area contributed by atoms with E-state index < -0.39 is 0 Å². The summed E-state index contributed by atoms with van der Waals surface area (Å²) in [4.78, 5) is 98.8. The van der Waals surface area contributed by atoms with Gasteiger partial charge in [0, 0.05) is 283 Å². The molecule has 2 atom stereocenters. The number of carbonyl (C=O) groups excluding carboxylic acids is 6. The Morgan fingerprint density at radius 1 is 0.243 bits per heavy atom. The second kappa shape index (κ2) is 63.9. The molecule has 6 aliphatic rings. The molecule has 0 bridgehead atoms. The van der Waals surface area contributed by atoms with Gasteiger partial charge in [0.25, 0.3) is 0 Å². The van der Waals surface area contributed by atoms with Crippen molar-refractivity contribution in [3.63, 3.8) is 0 Å². The van der Waals surface area contributed by atoms with E-state index in [2.05, 4.69) is 177 Å². The Morgan fingerprint density at radius 3 is 0.729 bits per heavy atom. The number of hydrogen-bond donors (Lipinski definition) is 0. The van der Waals surface area contributed by atoms with E-state index in [-0.39, 0.29) is 11.8 Å². The molecule has 6 aliphatic heterocycles. The lowest BCUT2D eigenvalue weighted by molar-refractivity contribution is -0.123. The standard InChI is InChI=1S/2C16H32N2O.C15H30N2O2.2C14H28N2O.C13H26N2O/c2*1-5-7-15(4)16(19)8-6-9-17-10-12-18(13-11-17)14(2)3;1-4-15(18)6-5-12-19-13-11-16-7-9-17(10-8-16)14(2)3;1-4-14(17)7-5-6-8-15-9-11-16(12-10-15)13(2)3;1-4-6-14(17)7-5-8-15-9-11-16(12-10-15)13(2)3;1-4-13(16)6-5-7-14-8-10-15(11-9-14)12(2)3/h2*14-15H,5-13H2,1-4H3;14H,4-13H2,1-3H3;2*13H,4-12H2,1-3H3;12H,4-11H2,1-3H3/t2*15-;;;;/m10..../s1. The number of rotatable bonds is 45. The lowest BCUT2D eigenvalue weighted by Gasteiger charge is -2.36. The molecular weight excluding hydrogens is 1340 g/mol. The first-order valence-electron chi connectivity index (χ1n) is 44.6. The minimum atomic E-state index is 0.266. The van der Waals surface area contributed by atoms with Crippen LogP contribution in [0.25, 0.3) is 0 Å². The van der Waals surface area contributed by atoms with Crippen LogP contribution in [0.15, 0.2) is 0 Å². The number of ketones is 6. The minimum Gasteiger partial charge on any atom is -0.380 e. The van der Waals surface area contributed by atoms with E-state index in [1.165, 1.54) is 131 Å². The van der Waals surface area contributed by atoms with Crippen molar-refractivity contribution in [3.8, 4) is 0 Å². The third-order valence-electron chi connectivity index (χ3n) is 23.2. The van der Waals surface area contributed by atoms with E-state index in [0.717, 1.165) is 194 Å². The highest BCUT2D eigenvalue weighted by molar-refractivity contribution is 5.81. The molecule has 107 heavy (non-hydrogen) atoms. The van der Waals surface area contributed by atoms with Crippen molar-refractivity contribution in [3.05, 3.63) is 0 Å². The van der Waals surface area contributed by atoms with Gasteiger partial charge in [0.1, 0.15) is 34.7 Å². The van der Waals surface area contributed by atoms with E-state index in [0.29, 0.717) is 96.6 Å². The van der Waals surface area contributed by atoms with Gasteiger partial charge in [-0.15, -0.1) is 0 Å². The maximum Gasteiger partial charge on any atom is 0.135 e. The third kappa shape index (κ3) is 51.1. The summed E-state index contributed by atoms with van der Waals surface area (Å²) in [7, 11) is 0. The van der Waals surface area contributed by atoms with Crippen molar-refractivity contribution in [1.82, 2.24) is 58.8 Å². The molecule has 6 heterocycles. The molecule has 0 amide bonds. The fourth-order valence-electron chi connectivity index (χ4n) is 14.9. The third-order valence-corrected chi connectivity index (χ3v) is 23.2. The quantitative estimate of drug-likeness (QED) is 0.0531. The van der Waals surface area contributed by atoms with Gasteiger partial charge >= 0.3 is 0 Å².